The first-order chi connectivity index (χ1) is 13.9. The average Bonchev–Trinajstić information content (AvgIpc) is 3.19. The zero-order valence-corrected chi connectivity index (χ0v) is 16.9. The third-order valence-electron chi connectivity index (χ3n) is 5.37. The summed E-state index contributed by atoms with van der Waals surface area (Å²) in [6.07, 6.45) is 0. The number of thioether (sulfide) groups is 1. The lowest BCUT2D eigenvalue weighted by Crippen LogP contribution is -2.32. The number of carbonyl (C=O) groups is 2. The zero-order valence-electron chi connectivity index (χ0n) is 15.3. The van der Waals surface area contributed by atoms with Gasteiger partial charge < -0.3 is 10.1 Å². The SMILES string of the molecule is Cc1ccc(N2C(=O)C3Sc4[nH]c(=O)sc4C(c4ccc(O)cc4)C3C2=O)cc1. The Labute approximate surface area is 174 Å². The third kappa shape index (κ3) is 2.82. The lowest BCUT2D eigenvalue weighted by molar-refractivity contribution is -0.122. The molecule has 2 aliphatic heterocycles. The fourth-order valence-electron chi connectivity index (χ4n) is 4.01. The quantitative estimate of drug-likeness (QED) is 0.617. The van der Waals surface area contributed by atoms with E-state index < -0.39 is 17.1 Å². The molecule has 3 atom stereocenters. The number of hydrogen-bond donors (Lipinski definition) is 2. The van der Waals surface area contributed by atoms with Crippen LogP contribution in [0.25, 0.3) is 0 Å². The lowest BCUT2D eigenvalue weighted by Gasteiger charge is -2.29. The van der Waals surface area contributed by atoms with Crippen LogP contribution in [0.2, 0.25) is 0 Å². The van der Waals surface area contributed by atoms with Crippen molar-refractivity contribution < 1.29 is 14.7 Å². The van der Waals surface area contributed by atoms with Crippen molar-refractivity contribution in [2.45, 2.75) is 23.1 Å². The second kappa shape index (κ2) is 6.60. The van der Waals surface area contributed by atoms with E-state index in [0.717, 1.165) is 27.3 Å². The Morgan fingerprint density at radius 2 is 1.66 bits per heavy atom. The Morgan fingerprint density at radius 3 is 2.34 bits per heavy atom. The monoisotopic (exact) mass is 424 g/mol. The molecule has 29 heavy (non-hydrogen) atoms. The van der Waals surface area contributed by atoms with Gasteiger partial charge in [0.2, 0.25) is 11.8 Å². The molecule has 2 aromatic carbocycles. The Hall–Kier alpha value is -2.84. The van der Waals surface area contributed by atoms with Gasteiger partial charge in [-0.3, -0.25) is 14.4 Å². The first-order valence-corrected chi connectivity index (χ1v) is 10.8. The smallest absolute Gasteiger partial charge is 0.305 e. The van der Waals surface area contributed by atoms with Gasteiger partial charge in [-0.2, -0.15) is 0 Å². The predicted octanol–water partition coefficient (Wildman–Crippen LogP) is 3.25. The van der Waals surface area contributed by atoms with Crippen molar-refractivity contribution in [1.29, 1.82) is 0 Å². The number of nitrogens with zero attached hydrogens (tertiary/aromatic N) is 1. The van der Waals surface area contributed by atoms with Crippen molar-refractivity contribution in [3.05, 3.63) is 74.2 Å². The van der Waals surface area contributed by atoms with Gasteiger partial charge in [-0.25, -0.2) is 4.90 Å². The van der Waals surface area contributed by atoms with E-state index in [1.54, 1.807) is 36.4 Å². The number of aryl methyl sites for hydroxylation is 1. The van der Waals surface area contributed by atoms with Gasteiger partial charge in [-0.1, -0.05) is 52.9 Å². The number of phenols is 1. The number of carbonyl (C=O) groups excluding carboxylic acids is 2. The highest BCUT2D eigenvalue weighted by Crippen LogP contribution is 2.53. The van der Waals surface area contributed by atoms with Crippen LogP contribution in [0.4, 0.5) is 5.69 Å². The number of nitrogens with one attached hydrogen (secondary N) is 1. The van der Waals surface area contributed by atoms with Crippen LogP contribution in [0, 0.1) is 12.8 Å². The van der Waals surface area contributed by atoms with Crippen LogP contribution in [-0.2, 0) is 9.59 Å². The van der Waals surface area contributed by atoms with Gasteiger partial charge in [0, 0.05) is 10.8 Å². The number of benzene rings is 2. The normalized spacial score (nSPS) is 23.2. The van der Waals surface area contributed by atoms with E-state index in [0.29, 0.717) is 10.7 Å². The molecule has 3 unspecified atom stereocenters. The Bertz CT molecular complexity index is 1180. The Balaban J connectivity index is 1.64. The number of imide groups is 1. The molecule has 5 rings (SSSR count). The molecule has 2 amide bonds. The number of aromatic amines is 1. The second-order valence-corrected chi connectivity index (χ2v) is 9.36. The highest BCUT2D eigenvalue weighted by atomic mass is 32.2. The molecule has 6 nitrogen and oxygen atoms in total. The second-order valence-electron chi connectivity index (χ2n) is 7.19. The minimum Gasteiger partial charge on any atom is -0.508 e. The summed E-state index contributed by atoms with van der Waals surface area (Å²) < 4.78 is 0. The molecule has 8 heteroatoms. The maximum absolute atomic E-state index is 13.5. The third-order valence-corrected chi connectivity index (χ3v) is 7.77. The highest BCUT2D eigenvalue weighted by Gasteiger charge is 2.56. The first kappa shape index (κ1) is 18.2. The lowest BCUT2D eigenvalue weighted by atomic mass is 9.83. The number of anilines is 1. The van der Waals surface area contributed by atoms with Gasteiger partial charge in [-0.15, -0.1) is 0 Å². The van der Waals surface area contributed by atoms with Crippen LogP contribution in [0.15, 0.2) is 58.4 Å². The van der Waals surface area contributed by atoms with Crippen molar-refractivity contribution in [3.63, 3.8) is 0 Å². The molecule has 3 heterocycles. The summed E-state index contributed by atoms with van der Waals surface area (Å²) >= 11 is 2.33. The minimum atomic E-state index is -0.614. The van der Waals surface area contributed by atoms with Gasteiger partial charge in [0.25, 0.3) is 0 Å². The zero-order chi connectivity index (χ0) is 20.3. The molecule has 0 bridgehead atoms. The number of rotatable bonds is 2. The summed E-state index contributed by atoms with van der Waals surface area (Å²) in [5.74, 6) is -1.45. The molecule has 1 fully saturated rings. The van der Waals surface area contributed by atoms with E-state index in [1.165, 1.54) is 16.7 Å². The molecular weight excluding hydrogens is 408 g/mol. The standard InChI is InChI=1S/C21H16N2O4S2/c1-10-2-6-12(7-3-10)23-19(25)15-14(11-4-8-13(24)9-5-11)16-18(22-21(27)29-16)28-17(15)20(23)26/h2-9,14-15,17,24H,1H3,(H,22,27). The Morgan fingerprint density at radius 1 is 0.966 bits per heavy atom. The fourth-order valence-corrected chi connectivity index (χ4v) is 6.52. The van der Waals surface area contributed by atoms with E-state index in [9.17, 15) is 19.5 Å². The molecule has 1 saturated heterocycles. The van der Waals surface area contributed by atoms with Gasteiger partial charge in [0.1, 0.15) is 11.0 Å². The summed E-state index contributed by atoms with van der Waals surface area (Å²) in [7, 11) is 0. The number of aromatic hydroxyl groups is 1. The maximum Gasteiger partial charge on any atom is 0.305 e. The molecular formula is C21H16N2O4S2. The first-order valence-electron chi connectivity index (χ1n) is 9.07. The number of aromatic nitrogens is 1. The van der Waals surface area contributed by atoms with E-state index in [1.807, 2.05) is 19.1 Å². The molecule has 1 aromatic heterocycles. The Kier molecular flexibility index (Phi) is 4.15. The van der Waals surface area contributed by atoms with E-state index in [4.69, 9.17) is 0 Å². The molecule has 146 valence electrons. The minimum absolute atomic E-state index is 0.119. The van der Waals surface area contributed by atoms with Crippen LogP contribution in [-0.4, -0.2) is 27.2 Å². The van der Waals surface area contributed by atoms with Crippen molar-refractivity contribution in [3.8, 4) is 5.75 Å². The summed E-state index contributed by atoms with van der Waals surface area (Å²) in [6.45, 7) is 1.95. The van der Waals surface area contributed by atoms with Gasteiger partial charge in [0.15, 0.2) is 0 Å². The predicted molar refractivity (Wildman–Crippen MR) is 112 cm³/mol. The number of thiazole rings is 1. The maximum atomic E-state index is 13.5. The van der Waals surface area contributed by atoms with E-state index in [2.05, 4.69) is 4.98 Å². The van der Waals surface area contributed by atoms with Crippen molar-refractivity contribution in [1.82, 2.24) is 4.98 Å². The summed E-state index contributed by atoms with van der Waals surface area (Å²) in [5.41, 5.74) is 2.39. The van der Waals surface area contributed by atoms with E-state index >= 15 is 0 Å². The van der Waals surface area contributed by atoms with Crippen LogP contribution >= 0.6 is 23.1 Å². The number of H-pyrrole nitrogens is 1. The largest absolute Gasteiger partial charge is 0.508 e. The van der Waals surface area contributed by atoms with Crippen molar-refractivity contribution in [2.75, 3.05) is 4.90 Å². The van der Waals surface area contributed by atoms with Gasteiger partial charge >= 0.3 is 4.87 Å². The van der Waals surface area contributed by atoms with Crippen LogP contribution < -0.4 is 9.77 Å². The highest BCUT2D eigenvalue weighted by molar-refractivity contribution is 8.00. The number of phenolic OH excluding ortho intramolecular Hbond substituents is 1. The number of amides is 2. The average molecular weight is 425 g/mol. The molecule has 3 aromatic rings. The number of hydrogen-bond acceptors (Lipinski definition) is 6. The molecule has 2 aliphatic rings. The topological polar surface area (TPSA) is 90.5 Å². The van der Waals surface area contributed by atoms with Crippen LogP contribution in [0.5, 0.6) is 5.75 Å². The molecule has 0 aliphatic carbocycles. The summed E-state index contributed by atoms with van der Waals surface area (Å²) in [4.78, 5) is 43.4. The molecule has 2 N–H and O–H groups in total. The van der Waals surface area contributed by atoms with Gasteiger partial charge in [0.05, 0.1) is 16.6 Å². The fraction of sp³-hybridized carbons (Fsp3) is 0.190. The summed E-state index contributed by atoms with van der Waals surface area (Å²) in [6, 6.07) is 13.9. The molecule has 0 radical (unpaired) electrons. The van der Waals surface area contributed by atoms with E-state index in [-0.39, 0.29) is 22.4 Å². The van der Waals surface area contributed by atoms with Crippen molar-refractivity contribution >= 4 is 40.6 Å². The summed E-state index contributed by atoms with van der Waals surface area (Å²) in [5, 5.41) is 9.70. The number of fused-ring (bicyclic) bond motifs is 2. The molecule has 0 saturated carbocycles. The molecule has 0 spiro atoms. The van der Waals surface area contributed by atoms with Crippen molar-refractivity contribution in [2.24, 2.45) is 5.92 Å². The van der Waals surface area contributed by atoms with Crippen LogP contribution in [0.1, 0.15) is 21.9 Å². The van der Waals surface area contributed by atoms with Crippen LogP contribution in [0.3, 0.4) is 0 Å². The van der Waals surface area contributed by atoms with Gasteiger partial charge in [-0.05, 0) is 36.8 Å².